The molecule has 7 aromatic rings. The SMILES string of the molecule is COc1cccc(-c2nn(Cc3ccccc3)cc2Cn2nc3c(-c4cc(C)nc(C)c4)c(-c4ccccc4)[nH+]c(N)n3c2=O)c1. The maximum absolute atomic E-state index is 14.1. The number of rotatable bonds is 8. The Morgan fingerprint density at radius 1 is 0.804 bits per heavy atom. The Balaban J connectivity index is 1.41. The molecule has 4 aromatic heterocycles. The predicted molar refractivity (Wildman–Crippen MR) is 177 cm³/mol. The van der Waals surface area contributed by atoms with Crippen molar-refractivity contribution < 1.29 is 9.72 Å². The van der Waals surface area contributed by atoms with Gasteiger partial charge in [0.05, 0.1) is 31.5 Å². The normalized spacial score (nSPS) is 11.3. The number of aromatic nitrogens is 7. The predicted octanol–water partition coefficient (Wildman–Crippen LogP) is 5.21. The number of aryl methyl sites for hydroxylation is 2. The Kier molecular flexibility index (Phi) is 7.38. The Morgan fingerprint density at radius 3 is 2.22 bits per heavy atom. The molecule has 7 rings (SSSR count). The first-order valence-electron chi connectivity index (χ1n) is 15.0. The second kappa shape index (κ2) is 11.8. The summed E-state index contributed by atoms with van der Waals surface area (Å²) in [5.74, 6) is 0.902. The number of nitrogens with two attached hydrogens (primary N) is 1. The molecular formula is C36H33N8O2+. The maximum atomic E-state index is 14.1. The van der Waals surface area contributed by atoms with Crippen LogP contribution in [0, 0.1) is 13.8 Å². The molecule has 0 bridgehead atoms. The molecule has 0 unspecified atom stereocenters. The minimum atomic E-state index is -0.362. The minimum absolute atomic E-state index is 0.176. The van der Waals surface area contributed by atoms with Crippen molar-refractivity contribution in [3.8, 4) is 39.4 Å². The van der Waals surface area contributed by atoms with Crippen LogP contribution in [0.3, 0.4) is 0 Å². The van der Waals surface area contributed by atoms with Gasteiger partial charge in [0, 0.05) is 34.3 Å². The average Bonchev–Trinajstić information content (AvgIpc) is 3.61. The van der Waals surface area contributed by atoms with Crippen molar-refractivity contribution >= 4 is 11.6 Å². The van der Waals surface area contributed by atoms with Crippen LogP contribution in [0.2, 0.25) is 0 Å². The van der Waals surface area contributed by atoms with Crippen LogP contribution in [0.4, 0.5) is 5.95 Å². The van der Waals surface area contributed by atoms with Crippen LogP contribution in [0.5, 0.6) is 5.75 Å². The highest BCUT2D eigenvalue weighted by atomic mass is 16.5. The molecule has 10 nitrogen and oxygen atoms in total. The van der Waals surface area contributed by atoms with Crippen molar-refractivity contribution in [3.05, 3.63) is 136 Å². The van der Waals surface area contributed by atoms with Gasteiger partial charge in [0.2, 0.25) is 5.65 Å². The van der Waals surface area contributed by atoms with Crippen molar-refractivity contribution in [1.82, 2.24) is 28.9 Å². The van der Waals surface area contributed by atoms with Gasteiger partial charge in [-0.2, -0.15) is 9.78 Å². The molecule has 0 fully saturated rings. The number of benzene rings is 3. The number of aromatic amines is 1. The van der Waals surface area contributed by atoms with E-state index in [9.17, 15) is 4.79 Å². The first-order chi connectivity index (χ1) is 22.4. The molecule has 0 saturated heterocycles. The number of nitrogen functional groups attached to an aromatic ring is 1. The van der Waals surface area contributed by atoms with E-state index in [0.29, 0.717) is 12.2 Å². The van der Waals surface area contributed by atoms with E-state index >= 15 is 0 Å². The number of hydrogen-bond acceptors (Lipinski definition) is 6. The molecule has 0 aliphatic carbocycles. The van der Waals surface area contributed by atoms with Crippen LogP contribution < -0.4 is 21.1 Å². The van der Waals surface area contributed by atoms with Gasteiger partial charge in [-0.05, 0) is 49.2 Å². The van der Waals surface area contributed by atoms with Gasteiger partial charge in [0.15, 0.2) is 0 Å². The third kappa shape index (κ3) is 5.41. The zero-order valence-corrected chi connectivity index (χ0v) is 25.8. The Hall–Kier alpha value is -6.03. The number of anilines is 1. The number of nitrogens with zero attached hydrogens (tertiary/aromatic N) is 6. The summed E-state index contributed by atoms with van der Waals surface area (Å²) in [4.78, 5) is 22.0. The molecule has 10 heteroatoms. The number of ether oxygens (including phenoxy) is 1. The van der Waals surface area contributed by atoms with Crippen LogP contribution >= 0.6 is 0 Å². The Morgan fingerprint density at radius 2 is 1.50 bits per heavy atom. The van der Waals surface area contributed by atoms with E-state index < -0.39 is 0 Å². The van der Waals surface area contributed by atoms with Gasteiger partial charge in [0.1, 0.15) is 11.4 Å². The Labute approximate surface area is 265 Å². The summed E-state index contributed by atoms with van der Waals surface area (Å²) in [7, 11) is 1.64. The van der Waals surface area contributed by atoms with Crippen molar-refractivity contribution in [1.29, 1.82) is 0 Å². The quantitative estimate of drug-likeness (QED) is 0.253. The summed E-state index contributed by atoms with van der Waals surface area (Å²) in [5.41, 5.74) is 15.3. The van der Waals surface area contributed by atoms with Gasteiger partial charge in [-0.3, -0.25) is 15.4 Å². The summed E-state index contributed by atoms with van der Waals surface area (Å²) in [6, 6.07) is 31.8. The summed E-state index contributed by atoms with van der Waals surface area (Å²) < 4.78 is 10.3. The topological polar surface area (TPSA) is 119 Å². The van der Waals surface area contributed by atoms with Crippen LogP contribution in [-0.2, 0) is 13.1 Å². The molecule has 3 aromatic carbocycles. The number of hydrogen-bond donors (Lipinski definition) is 1. The largest absolute Gasteiger partial charge is 0.497 e. The van der Waals surface area contributed by atoms with Crippen LogP contribution in [0.25, 0.3) is 39.3 Å². The van der Waals surface area contributed by atoms with Gasteiger partial charge >= 0.3 is 11.6 Å². The zero-order valence-electron chi connectivity index (χ0n) is 25.8. The first-order valence-corrected chi connectivity index (χ1v) is 15.0. The molecular weight excluding hydrogens is 576 g/mol. The number of pyridine rings is 1. The molecule has 0 spiro atoms. The molecule has 228 valence electrons. The fraction of sp³-hybridized carbons (Fsp3) is 0.139. The summed E-state index contributed by atoms with van der Waals surface area (Å²) in [6.07, 6.45) is 1.97. The molecule has 0 amide bonds. The second-order valence-corrected chi connectivity index (χ2v) is 11.3. The molecule has 0 atom stereocenters. The van der Waals surface area contributed by atoms with Gasteiger partial charge < -0.3 is 4.74 Å². The smallest absolute Gasteiger partial charge is 0.411 e. The van der Waals surface area contributed by atoms with E-state index in [4.69, 9.17) is 20.7 Å². The first kappa shape index (κ1) is 28.7. The lowest BCUT2D eigenvalue weighted by atomic mass is 9.99. The molecule has 46 heavy (non-hydrogen) atoms. The van der Waals surface area contributed by atoms with Crippen molar-refractivity contribution in [2.24, 2.45) is 0 Å². The fourth-order valence-electron chi connectivity index (χ4n) is 5.93. The minimum Gasteiger partial charge on any atom is -0.497 e. The van der Waals surface area contributed by atoms with Crippen LogP contribution in [-0.4, -0.2) is 36.1 Å². The molecule has 0 saturated carbocycles. The van der Waals surface area contributed by atoms with E-state index in [-0.39, 0.29) is 18.2 Å². The van der Waals surface area contributed by atoms with Crippen molar-refractivity contribution in [2.45, 2.75) is 26.9 Å². The average molecular weight is 610 g/mol. The lowest BCUT2D eigenvalue weighted by Crippen LogP contribution is -2.28. The van der Waals surface area contributed by atoms with E-state index in [1.807, 2.05) is 110 Å². The highest BCUT2D eigenvalue weighted by Crippen LogP contribution is 2.33. The zero-order chi connectivity index (χ0) is 31.8. The van der Waals surface area contributed by atoms with Crippen molar-refractivity contribution in [3.63, 3.8) is 0 Å². The molecule has 0 aliphatic heterocycles. The molecule has 4 heterocycles. The standard InChI is InChI=1S/C36H32N8O2/c1-23-17-28(18-24(2)38-23)31-33(26-13-8-5-9-14-26)39-35(37)44-34(31)41-43(36(44)45)22-29-21-42(20-25-11-6-4-7-12-25)40-32(29)27-15-10-16-30(19-27)46-3/h4-19,21H,20,22H2,1-3H3,(H2,37,39)/p+1. The second-order valence-electron chi connectivity index (χ2n) is 11.3. The van der Waals surface area contributed by atoms with Gasteiger partial charge in [-0.25, -0.2) is 9.78 Å². The monoisotopic (exact) mass is 609 g/mol. The fourth-order valence-corrected chi connectivity index (χ4v) is 5.93. The van der Waals surface area contributed by atoms with E-state index in [1.165, 1.54) is 9.08 Å². The molecule has 0 radical (unpaired) electrons. The maximum Gasteiger partial charge on any atom is 0.411 e. The molecule has 0 aliphatic rings. The number of methoxy groups -OCH3 is 1. The van der Waals surface area contributed by atoms with E-state index in [1.54, 1.807) is 7.11 Å². The van der Waals surface area contributed by atoms with Gasteiger partial charge in [0.25, 0.3) is 0 Å². The van der Waals surface area contributed by atoms with Gasteiger partial charge in [-0.1, -0.05) is 72.8 Å². The van der Waals surface area contributed by atoms with E-state index in [2.05, 4.69) is 22.1 Å². The third-order valence-corrected chi connectivity index (χ3v) is 7.93. The summed E-state index contributed by atoms with van der Waals surface area (Å²) in [5, 5.41) is 9.90. The summed E-state index contributed by atoms with van der Waals surface area (Å²) >= 11 is 0. The summed E-state index contributed by atoms with van der Waals surface area (Å²) in [6.45, 7) is 4.66. The van der Waals surface area contributed by atoms with Crippen LogP contribution in [0.1, 0.15) is 22.5 Å². The number of nitrogens with one attached hydrogen (secondary N) is 1. The highest BCUT2D eigenvalue weighted by molar-refractivity contribution is 5.88. The molecule has 3 N–H and O–H groups in total. The van der Waals surface area contributed by atoms with Crippen LogP contribution in [0.15, 0.2) is 108 Å². The van der Waals surface area contributed by atoms with Crippen molar-refractivity contribution in [2.75, 3.05) is 12.8 Å². The van der Waals surface area contributed by atoms with Gasteiger partial charge in [-0.15, -0.1) is 9.50 Å². The Bertz CT molecular complexity index is 2230. The number of H-pyrrole nitrogens is 1. The lowest BCUT2D eigenvalue weighted by Gasteiger charge is -2.10. The third-order valence-electron chi connectivity index (χ3n) is 7.93. The number of fused-ring (bicyclic) bond motifs is 1. The van der Waals surface area contributed by atoms with E-state index in [0.717, 1.165) is 61.9 Å². The lowest BCUT2D eigenvalue weighted by molar-refractivity contribution is -0.351. The highest BCUT2D eigenvalue weighted by Gasteiger charge is 2.27.